The van der Waals surface area contributed by atoms with Crippen molar-refractivity contribution < 1.29 is 23.7 Å². The highest BCUT2D eigenvalue weighted by molar-refractivity contribution is 5.18. The zero-order valence-electron chi connectivity index (χ0n) is 24.2. The Morgan fingerprint density at radius 2 is 0.976 bits per heavy atom. The van der Waals surface area contributed by atoms with Crippen LogP contribution in [0.2, 0.25) is 0 Å². The van der Waals surface area contributed by atoms with Gasteiger partial charge in [-0.2, -0.15) is 0 Å². The maximum Gasteiger partial charge on any atom is 0.150 e. The van der Waals surface area contributed by atoms with Crippen molar-refractivity contribution in [2.75, 3.05) is 6.61 Å². The Morgan fingerprint density at radius 1 is 0.548 bits per heavy atom. The maximum atomic E-state index is 6.72. The van der Waals surface area contributed by atoms with Crippen molar-refractivity contribution in [2.24, 2.45) is 0 Å². The Balaban J connectivity index is 1.41. The molecule has 0 bridgehead atoms. The fourth-order valence-corrected chi connectivity index (χ4v) is 5.07. The average molecular weight is 565 g/mol. The summed E-state index contributed by atoms with van der Waals surface area (Å²) < 4.78 is 32.8. The van der Waals surface area contributed by atoms with E-state index in [2.05, 4.69) is 61.5 Å². The minimum atomic E-state index is -0.444. The summed E-state index contributed by atoms with van der Waals surface area (Å²) >= 11 is 0. The molecule has 0 saturated carbocycles. The summed E-state index contributed by atoms with van der Waals surface area (Å²) in [7, 11) is 0. The predicted molar refractivity (Wildman–Crippen MR) is 164 cm³/mol. The van der Waals surface area contributed by atoms with Gasteiger partial charge in [0.25, 0.3) is 0 Å². The van der Waals surface area contributed by atoms with Crippen LogP contribution in [0.25, 0.3) is 0 Å². The fourth-order valence-electron chi connectivity index (χ4n) is 5.07. The third-order valence-electron chi connectivity index (χ3n) is 7.20. The van der Waals surface area contributed by atoms with Gasteiger partial charge in [-0.3, -0.25) is 0 Å². The van der Waals surface area contributed by atoms with Crippen molar-refractivity contribution in [3.63, 3.8) is 0 Å². The molecular weight excluding hydrogens is 524 g/mol. The van der Waals surface area contributed by atoms with Crippen LogP contribution in [0.1, 0.15) is 35.6 Å². The lowest BCUT2D eigenvalue weighted by atomic mass is 9.96. The molecule has 1 fully saturated rings. The van der Waals surface area contributed by atoms with E-state index in [0.717, 1.165) is 34.4 Å². The van der Waals surface area contributed by atoms with Gasteiger partial charge in [0.2, 0.25) is 0 Å². The zero-order valence-corrected chi connectivity index (χ0v) is 24.2. The van der Waals surface area contributed by atoms with Gasteiger partial charge in [-0.25, -0.2) is 0 Å². The zero-order chi connectivity index (χ0) is 28.8. The van der Waals surface area contributed by atoms with E-state index in [9.17, 15) is 0 Å². The van der Waals surface area contributed by atoms with E-state index in [1.165, 1.54) is 0 Å². The van der Waals surface area contributed by atoms with Crippen LogP contribution in [0.5, 0.6) is 0 Å². The highest BCUT2D eigenvalue weighted by Crippen LogP contribution is 2.33. The minimum absolute atomic E-state index is 0.353. The molecule has 4 aromatic rings. The van der Waals surface area contributed by atoms with E-state index < -0.39 is 18.3 Å². The van der Waals surface area contributed by atoms with Gasteiger partial charge in [0.05, 0.1) is 33.0 Å². The number of hydrogen-bond donors (Lipinski definition) is 0. The van der Waals surface area contributed by atoms with Crippen LogP contribution in [-0.2, 0) is 50.1 Å². The maximum absolute atomic E-state index is 6.72. The molecule has 0 N–H and O–H groups in total. The Bertz CT molecular complexity index is 1330. The van der Waals surface area contributed by atoms with E-state index in [1.807, 2.05) is 72.8 Å². The first-order valence-corrected chi connectivity index (χ1v) is 14.7. The standard InChI is InChI=1S/C37H40O5/c1-2-15-33-35(39-25-30-18-9-4-10-19-30)37(41-27-32-22-13-6-14-23-32)36(40-26-31-20-11-5-12-21-31)34(42-33)28-38-24-29-16-7-3-8-17-29/h3-23,34-37H,2,24-28H2,1H3/b33-15-/t34-,35-,36-,37-/m1/s1. The normalized spacial score (nSPS) is 21.2. The van der Waals surface area contributed by atoms with Crippen molar-refractivity contribution in [3.05, 3.63) is 155 Å². The van der Waals surface area contributed by atoms with Crippen LogP contribution < -0.4 is 0 Å². The molecule has 0 aliphatic carbocycles. The molecule has 5 rings (SSSR count). The number of benzene rings is 4. The van der Waals surface area contributed by atoms with E-state index in [1.54, 1.807) is 0 Å². The van der Waals surface area contributed by atoms with Crippen LogP contribution >= 0.6 is 0 Å². The second-order valence-corrected chi connectivity index (χ2v) is 10.4. The molecule has 1 saturated heterocycles. The van der Waals surface area contributed by atoms with Crippen LogP contribution in [0.4, 0.5) is 0 Å². The first-order chi connectivity index (χ1) is 20.8. The first kappa shape index (κ1) is 29.7. The third kappa shape index (κ3) is 8.63. The predicted octanol–water partition coefficient (Wildman–Crippen LogP) is 7.65. The molecule has 0 radical (unpaired) electrons. The minimum Gasteiger partial charge on any atom is -0.487 e. The van der Waals surface area contributed by atoms with Gasteiger partial charge in [0.1, 0.15) is 24.1 Å². The summed E-state index contributed by atoms with van der Waals surface area (Å²) in [4.78, 5) is 0. The molecular formula is C37H40O5. The van der Waals surface area contributed by atoms with Crippen LogP contribution in [-0.4, -0.2) is 31.0 Å². The van der Waals surface area contributed by atoms with Gasteiger partial charge in [0.15, 0.2) is 6.10 Å². The summed E-state index contributed by atoms with van der Waals surface area (Å²) in [6, 6.07) is 40.7. The molecule has 5 nitrogen and oxygen atoms in total. The Hall–Kier alpha value is -3.74. The SMILES string of the molecule is CC/C=C1\O[C@H](COCc2ccccc2)[C@@H](OCc2ccccc2)[C@H](OCc2ccccc2)[C@@H]1OCc1ccccc1. The lowest BCUT2D eigenvalue weighted by Gasteiger charge is -2.43. The molecule has 1 heterocycles. The topological polar surface area (TPSA) is 46.2 Å². The lowest BCUT2D eigenvalue weighted by Crippen LogP contribution is -2.56. The molecule has 0 spiro atoms. The van der Waals surface area contributed by atoms with E-state index in [4.69, 9.17) is 23.7 Å². The molecule has 218 valence electrons. The molecule has 1 aliphatic rings. The van der Waals surface area contributed by atoms with Gasteiger partial charge in [-0.1, -0.05) is 128 Å². The number of hydrogen-bond acceptors (Lipinski definition) is 5. The lowest BCUT2D eigenvalue weighted by molar-refractivity contribution is -0.223. The molecule has 4 atom stereocenters. The second kappa shape index (κ2) is 16.0. The van der Waals surface area contributed by atoms with Gasteiger partial charge in [-0.05, 0) is 34.8 Å². The van der Waals surface area contributed by atoms with E-state index in [-0.39, 0.29) is 6.10 Å². The second-order valence-electron chi connectivity index (χ2n) is 10.4. The molecule has 1 aliphatic heterocycles. The quantitative estimate of drug-likeness (QED) is 0.157. The van der Waals surface area contributed by atoms with E-state index in [0.29, 0.717) is 33.0 Å². The average Bonchev–Trinajstić information content (AvgIpc) is 3.05. The monoisotopic (exact) mass is 564 g/mol. The number of ether oxygens (including phenoxy) is 5. The molecule has 0 unspecified atom stereocenters. The highest BCUT2D eigenvalue weighted by atomic mass is 16.6. The van der Waals surface area contributed by atoms with Crippen LogP contribution in [0.15, 0.2) is 133 Å². The van der Waals surface area contributed by atoms with Gasteiger partial charge >= 0.3 is 0 Å². The summed E-state index contributed by atoms with van der Waals surface area (Å²) in [5, 5.41) is 0. The van der Waals surface area contributed by atoms with Crippen molar-refractivity contribution in [2.45, 2.75) is 64.2 Å². The molecule has 0 amide bonds. The first-order valence-electron chi connectivity index (χ1n) is 14.7. The molecule has 42 heavy (non-hydrogen) atoms. The van der Waals surface area contributed by atoms with Gasteiger partial charge in [-0.15, -0.1) is 0 Å². The van der Waals surface area contributed by atoms with Crippen LogP contribution in [0, 0.1) is 0 Å². The number of rotatable bonds is 14. The highest BCUT2D eigenvalue weighted by Gasteiger charge is 2.46. The molecule has 0 aromatic heterocycles. The van der Waals surface area contributed by atoms with E-state index >= 15 is 0 Å². The largest absolute Gasteiger partial charge is 0.487 e. The third-order valence-corrected chi connectivity index (χ3v) is 7.20. The molecule has 5 heteroatoms. The molecule has 4 aromatic carbocycles. The van der Waals surface area contributed by atoms with Crippen molar-refractivity contribution in [1.82, 2.24) is 0 Å². The smallest absolute Gasteiger partial charge is 0.150 e. The number of allylic oxidation sites excluding steroid dienone is 1. The van der Waals surface area contributed by atoms with Crippen molar-refractivity contribution >= 4 is 0 Å². The summed E-state index contributed by atoms with van der Waals surface area (Å²) in [6.45, 7) is 4.23. The Kier molecular flexibility index (Phi) is 11.4. The Labute approximate surface area is 249 Å². The van der Waals surface area contributed by atoms with Crippen molar-refractivity contribution in [3.8, 4) is 0 Å². The van der Waals surface area contributed by atoms with Crippen LogP contribution in [0.3, 0.4) is 0 Å². The van der Waals surface area contributed by atoms with Gasteiger partial charge in [0, 0.05) is 0 Å². The summed E-state index contributed by atoms with van der Waals surface area (Å²) in [6.07, 6.45) is 1.21. The van der Waals surface area contributed by atoms with Crippen molar-refractivity contribution in [1.29, 1.82) is 0 Å². The Morgan fingerprint density at radius 3 is 1.45 bits per heavy atom. The van der Waals surface area contributed by atoms with Gasteiger partial charge < -0.3 is 23.7 Å². The fraction of sp³-hybridized carbons (Fsp3) is 0.297. The summed E-state index contributed by atoms with van der Waals surface area (Å²) in [5.74, 6) is 0.763. The summed E-state index contributed by atoms with van der Waals surface area (Å²) in [5.41, 5.74) is 4.37.